The van der Waals surface area contributed by atoms with Crippen LogP contribution in [0.1, 0.15) is 11.1 Å². The third kappa shape index (κ3) is 11.7. The van der Waals surface area contributed by atoms with Crippen LogP contribution in [-0.2, 0) is 41.7 Å². The molecule has 0 aliphatic heterocycles. The minimum atomic E-state index is -0.740. The average Bonchev–Trinajstić information content (AvgIpc) is 2.95. The van der Waals surface area contributed by atoms with Crippen molar-refractivity contribution in [3.63, 3.8) is 0 Å². The second kappa shape index (κ2) is 19.2. The summed E-state index contributed by atoms with van der Waals surface area (Å²) in [4.78, 5) is 32.0. The molecule has 2 aromatic rings. The van der Waals surface area contributed by atoms with Crippen LogP contribution in [0.15, 0.2) is 60.7 Å². The fraction of sp³-hybridized carbons (Fsp3) is 0.481. The van der Waals surface area contributed by atoms with Crippen molar-refractivity contribution < 1.29 is 42.6 Å². The Hall–Kier alpha value is -2.90. The van der Waals surface area contributed by atoms with Crippen molar-refractivity contribution >= 4 is 12.2 Å². The van der Waals surface area contributed by atoms with Gasteiger partial charge in [0, 0.05) is 13.7 Å². The number of hydroxylamine groups is 1. The van der Waals surface area contributed by atoms with Gasteiger partial charge in [-0.25, -0.2) is 0 Å². The minimum Gasteiger partial charge on any atom is -0.415 e. The van der Waals surface area contributed by atoms with Crippen molar-refractivity contribution in [2.75, 3.05) is 72.9 Å². The van der Waals surface area contributed by atoms with Gasteiger partial charge in [0.2, 0.25) is 0 Å². The number of hydrogen-bond donors (Lipinski definition) is 2. The van der Waals surface area contributed by atoms with E-state index in [4.69, 9.17) is 34.3 Å². The molecule has 0 heterocycles. The Labute approximate surface area is 224 Å². The molecule has 0 atom stereocenters. The number of carbonyl (C=O) groups excluding carboxylic acids is 2. The molecule has 11 nitrogen and oxygen atoms in total. The summed E-state index contributed by atoms with van der Waals surface area (Å²) in [6, 6.07) is 18.5. The topological polar surface area (TPSA) is 128 Å². The molecule has 38 heavy (non-hydrogen) atoms. The Morgan fingerprint density at radius 1 is 0.737 bits per heavy atom. The first-order chi connectivity index (χ1) is 18.6. The van der Waals surface area contributed by atoms with E-state index >= 15 is 0 Å². The van der Waals surface area contributed by atoms with Crippen LogP contribution < -0.4 is 11.2 Å². The zero-order valence-electron chi connectivity index (χ0n) is 22.0. The zero-order chi connectivity index (χ0) is 27.3. The normalized spacial score (nSPS) is 11.3. The average molecular weight is 535 g/mol. The molecule has 11 heteroatoms. The monoisotopic (exact) mass is 534 g/mol. The first-order valence-electron chi connectivity index (χ1n) is 12.6. The summed E-state index contributed by atoms with van der Waals surface area (Å²) < 4.78 is 26.0. The van der Waals surface area contributed by atoms with Gasteiger partial charge >= 0.3 is 12.2 Å². The van der Waals surface area contributed by atoms with Gasteiger partial charge in [-0.2, -0.15) is 15.1 Å². The number of methoxy groups -OCH3 is 1. The molecule has 0 unspecified atom stereocenters. The maximum absolute atomic E-state index is 13.3. The number of carbonyl (C=O) groups is 2. The SMILES string of the molecule is COCCOCCOCCONCC[N+](CCN)(C(=O)OCc1ccccc1)C(=O)OCc1ccccc1. The summed E-state index contributed by atoms with van der Waals surface area (Å²) in [5.74, 6) is 0. The molecule has 210 valence electrons. The fourth-order valence-electron chi connectivity index (χ4n) is 3.40. The van der Waals surface area contributed by atoms with E-state index in [0.717, 1.165) is 11.1 Å². The van der Waals surface area contributed by atoms with Crippen molar-refractivity contribution in [1.82, 2.24) is 5.48 Å². The van der Waals surface area contributed by atoms with E-state index in [9.17, 15) is 9.59 Å². The molecular weight excluding hydrogens is 494 g/mol. The molecule has 0 saturated carbocycles. The molecule has 2 amide bonds. The maximum atomic E-state index is 13.3. The van der Waals surface area contributed by atoms with Gasteiger partial charge in [-0.05, 0) is 11.1 Å². The van der Waals surface area contributed by atoms with Crippen molar-refractivity contribution in [1.29, 1.82) is 0 Å². The minimum absolute atomic E-state index is 0.00904. The molecule has 0 saturated heterocycles. The molecular formula is C27H40N3O8+. The van der Waals surface area contributed by atoms with Gasteiger partial charge in [-0.15, -0.1) is 4.48 Å². The van der Waals surface area contributed by atoms with Crippen LogP contribution in [0.2, 0.25) is 0 Å². The predicted octanol–water partition coefficient (Wildman–Crippen LogP) is 2.64. The maximum Gasteiger partial charge on any atom is 0.527 e. The third-order valence-corrected chi connectivity index (χ3v) is 5.45. The number of benzene rings is 2. The summed E-state index contributed by atoms with van der Waals surface area (Å²) in [7, 11) is 1.62. The highest BCUT2D eigenvalue weighted by molar-refractivity contribution is 5.76. The van der Waals surface area contributed by atoms with Crippen LogP contribution in [0.5, 0.6) is 0 Å². The smallest absolute Gasteiger partial charge is 0.415 e. The van der Waals surface area contributed by atoms with Crippen molar-refractivity contribution in [2.45, 2.75) is 13.2 Å². The molecule has 0 aliphatic carbocycles. The largest absolute Gasteiger partial charge is 0.527 e. The quantitative estimate of drug-likeness (QED) is 0.158. The summed E-state index contributed by atoms with van der Waals surface area (Å²) >= 11 is 0. The van der Waals surface area contributed by atoms with Crippen molar-refractivity contribution in [2.24, 2.45) is 5.73 Å². The van der Waals surface area contributed by atoms with Gasteiger partial charge in [0.1, 0.15) is 26.3 Å². The highest BCUT2D eigenvalue weighted by atomic mass is 16.7. The Morgan fingerprint density at radius 2 is 1.24 bits per heavy atom. The van der Waals surface area contributed by atoms with E-state index in [1.165, 1.54) is 0 Å². The van der Waals surface area contributed by atoms with Crippen molar-refractivity contribution in [3.05, 3.63) is 71.8 Å². The van der Waals surface area contributed by atoms with E-state index in [2.05, 4.69) is 5.48 Å². The van der Waals surface area contributed by atoms with E-state index in [0.29, 0.717) is 33.0 Å². The molecule has 2 aromatic carbocycles. The lowest BCUT2D eigenvalue weighted by atomic mass is 10.2. The van der Waals surface area contributed by atoms with E-state index in [1.54, 1.807) is 7.11 Å². The molecule has 0 aliphatic rings. The Morgan fingerprint density at radius 3 is 1.74 bits per heavy atom. The highest BCUT2D eigenvalue weighted by Gasteiger charge is 2.48. The Kier molecular flexibility index (Phi) is 15.8. The number of ether oxygens (including phenoxy) is 5. The summed E-state index contributed by atoms with van der Waals surface area (Å²) in [5.41, 5.74) is 10.2. The van der Waals surface area contributed by atoms with Gasteiger partial charge in [0.15, 0.2) is 0 Å². The van der Waals surface area contributed by atoms with Crippen LogP contribution in [0.3, 0.4) is 0 Å². The predicted molar refractivity (Wildman–Crippen MR) is 140 cm³/mol. The van der Waals surface area contributed by atoms with E-state index < -0.39 is 16.7 Å². The van der Waals surface area contributed by atoms with Crippen molar-refractivity contribution in [3.8, 4) is 0 Å². The second-order valence-electron chi connectivity index (χ2n) is 8.24. The molecule has 0 radical (unpaired) electrons. The number of amides is 2. The summed E-state index contributed by atoms with van der Waals surface area (Å²) in [6.07, 6.45) is -1.48. The van der Waals surface area contributed by atoms with Gasteiger partial charge in [-0.1, -0.05) is 60.7 Å². The van der Waals surface area contributed by atoms with Gasteiger partial charge < -0.3 is 29.4 Å². The highest BCUT2D eigenvalue weighted by Crippen LogP contribution is 2.16. The fourth-order valence-corrected chi connectivity index (χ4v) is 3.40. The van der Waals surface area contributed by atoms with Crippen LogP contribution >= 0.6 is 0 Å². The first-order valence-corrected chi connectivity index (χ1v) is 12.6. The van der Waals surface area contributed by atoms with E-state index in [-0.39, 0.29) is 46.0 Å². The lowest BCUT2D eigenvalue weighted by molar-refractivity contribution is -0.784. The van der Waals surface area contributed by atoms with Crippen LogP contribution in [0.25, 0.3) is 0 Å². The summed E-state index contributed by atoms with van der Waals surface area (Å²) in [5, 5.41) is 0. The lowest BCUT2D eigenvalue weighted by Gasteiger charge is -2.30. The Bertz CT molecular complexity index is 846. The standard InChI is InChI=1S/C27H40N3O8/c1-33-16-17-34-18-19-35-20-21-38-29-13-15-30(14-12-28,26(31)36-22-24-8-4-2-5-9-24)27(32)37-23-25-10-6-3-7-11-25/h2-11,29H,12-23,28H2,1H3/q+1. The third-order valence-electron chi connectivity index (χ3n) is 5.45. The van der Waals surface area contributed by atoms with Gasteiger partial charge in [0.05, 0.1) is 46.2 Å². The van der Waals surface area contributed by atoms with Crippen LogP contribution in [0, 0.1) is 0 Å². The number of hydrogen-bond acceptors (Lipinski definition) is 10. The van der Waals surface area contributed by atoms with Gasteiger partial charge in [0.25, 0.3) is 0 Å². The number of nitrogens with one attached hydrogen (secondary N) is 1. The van der Waals surface area contributed by atoms with Crippen LogP contribution in [-0.4, -0.2) is 89.6 Å². The number of quaternary nitrogens is 1. The lowest BCUT2D eigenvalue weighted by Crippen LogP contribution is -2.61. The Balaban J connectivity index is 1.89. The van der Waals surface area contributed by atoms with E-state index in [1.807, 2.05) is 60.7 Å². The molecule has 0 spiro atoms. The van der Waals surface area contributed by atoms with Gasteiger partial charge in [-0.3, -0.25) is 4.84 Å². The number of imide groups is 1. The number of rotatable bonds is 19. The number of nitrogens with zero attached hydrogens (tertiary/aromatic N) is 1. The molecule has 0 bridgehead atoms. The molecule has 0 fully saturated rings. The summed E-state index contributed by atoms with van der Waals surface area (Å²) in [6.45, 7) is 2.88. The molecule has 3 N–H and O–H groups in total. The second-order valence-corrected chi connectivity index (χ2v) is 8.24. The molecule has 0 aromatic heterocycles. The molecule has 2 rings (SSSR count). The first kappa shape index (κ1) is 31.3. The zero-order valence-corrected chi connectivity index (χ0v) is 22.0. The van der Waals surface area contributed by atoms with Crippen LogP contribution in [0.4, 0.5) is 9.59 Å². The number of nitrogens with two attached hydrogens (primary N) is 1.